The number of pyridine rings is 1. The molecule has 0 atom stereocenters. The molecule has 0 saturated heterocycles. The minimum atomic E-state index is -0.231. The molecule has 108 valence electrons. The number of nitrogens with zero attached hydrogens (tertiary/aromatic N) is 3. The van der Waals surface area contributed by atoms with Gasteiger partial charge in [0, 0.05) is 11.9 Å². The van der Waals surface area contributed by atoms with Gasteiger partial charge in [0.05, 0.1) is 22.1 Å². The Hall–Kier alpha value is -2.73. The second kappa shape index (κ2) is 4.92. The Morgan fingerprint density at radius 2 is 2.09 bits per heavy atom. The normalized spacial score (nSPS) is 11.1. The predicted octanol–water partition coefficient (Wildman–Crippen LogP) is 3.50. The van der Waals surface area contributed by atoms with Crippen LogP contribution in [0.5, 0.6) is 0 Å². The molecule has 1 N–H and O–H groups in total. The molecular weight excluding hydrogens is 296 g/mol. The number of anilines is 1. The van der Waals surface area contributed by atoms with Gasteiger partial charge in [-0.2, -0.15) is 0 Å². The standard InChI is InChI=1S/C16H12N4OS/c1-10-6-7-11(8-17-10)18-15(21)12-9-20-13-4-2-3-5-14(13)22-16(20)19-12/h2-9H,1H3,(H,18,21). The lowest BCUT2D eigenvalue weighted by Crippen LogP contribution is -2.12. The number of aromatic nitrogens is 3. The quantitative estimate of drug-likeness (QED) is 0.616. The van der Waals surface area contributed by atoms with Crippen LogP contribution in [0.2, 0.25) is 0 Å². The molecule has 1 aromatic carbocycles. The Morgan fingerprint density at radius 1 is 1.23 bits per heavy atom. The van der Waals surface area contributed by atoms with Gasteiger partial charge < -0.3 is 5.32 Å². The van der Waals surface area contributed by atoms with Crippen LogP contribution in [0.25, 0.3) is 15.2 Å². The first-order chi connectivity index (χ1) is 10.7. The van der Waals surface area contributed by atoms with Crippen LogP contribution in [-0.4, -0.2) is 20.3 Å². The van der Waals surface area contributed by atoms with Gasteiger partial charge >= 0.3 is 0 Å². The molecule has 4 rings (SSSR count). The maximum Gasteiger partial charge on any atom is 0.275 e. The van der Waals surface area contributed by atoms with E-state index < -0.39 is 0 Å². The third kappa shape index (κ3) is 2.14. The Labute approximate surface area is 130 Å². The average Bonchev–Trinajstić information content (AvgIpc) is 3.07. The lowest BCUT2D eigenvalue weighted by molar-refractivity contribution is 0.102. The number of aryl methyl sites for hydroxylation is 1. The fourth-order valence-corrected chi connectivity index (χ4v) is 3.30. The van der Waals surface area contributed by atoms with E-state index in [-0.39, 0.29) is 5.91 Å². The number of thiazole rings is 1. The van der Waals surface area contributed by atoms with Gasteiger partial charge in [0.15, 0.2) is 4.96 Å². The van der Waals surface area contributed by atoms with E-state index in [2.05, 4.69) is 15.3 Å². The second-order valence-electron chi connectivity index (χ2n) is 4.99. The van der Waals surface area contributed by atoms with Gasteiger partial charge in [0.1, 0.15) is 5.69 Å². The fraction of sp³-hybridized carbons (Fsp3) is 0.0625. The minimum Gasteiger partial charge on any atom is -0.319 e. The van der Waals surface area contributed by atoms with E-state index in [4.69, 9.17) is 0 Å². The maximum atomic E-state index is 12.3. The summed E-state index contributed by atoms with van der Waals surface area (Å²) in [6.07, 6.45) is 3.41. The van der Waals surface area contributed by atoms with E-state index in [9.17, 15) is 4.79 Å². The first-order valence-electron chi connectivity index (χ1n) is 6.81. The summed E-state index contributed by atoms with van der Waals surface area (Å²) in [5, 5.41) is 2.81. The molecule has 4 aromatic rings. The molecule has 0 spiro atoms. The summed E-state index contributed by atoms with van der Waals surface area (Å²) in [5.74, 6) is -0.231. The number of benzene rings is 1. The van der Waals surface area contributed by atoms with Gasteiger partial charge in [-0.05, 0) is 31.2 Å². The van der Waals surface area contributed by atoms with Crippen molar-refractivity contribution in [2.24, 2.45) is 0 Å². The molecule has 6 heteroatoms. The lowest BCUT2D eigenvalue weighted by Gasteiger charge is -2.02. The highest BCUT2D eigenvalue weighted by Gasteiger charge is 2.14. The van der Waals surface area contributed by atoms with Gasteiger partial charge in [-0.1, -0.05) is 23.5 Å². The Morgan fingerprint density at radius 3 is 2.91 bits per heavy atom. The average molecular weight is 308 g/mol. The van der Waals surface area contributed by atoms with Crippen molar-refractivity contribution in [3.05, 3.63) is 60.2 Å². The van der Waals surface area contributed by atoms with Crippen LogP contribution < -0.4 is 5.32 Å². The van der Waals surface area contributed by atoms with Crippen molar-refractivity contribution in [3.63, 3.8) is 0 Å². The SMILES string of the molecule is Cc1ccc(NC(=O)c2cn3c(n2)sc2ccccc23)cn1. The topological polar surface area (TPSA) is 59.3 Å². The van der Waals surface area contributed by atoms with Crippen LogP contribution in [0.3, 0.4) is 0 Å². The van der Waals surface area contributed by atoms with Crippen LogP contribution in [0, 0.1) is 6.92 Å². The number of carbonyl (C=O) groups is 1. The first kappa shape index (κ1) is 13.0. The molecular formula is C16H12N4OS. The molecule has 0 radical (unpaired) electrons. The molecule has 0 aliphatic heterocycles. The third-order valence-electron chi connectivity index (χ3n) is 3.40. The fourth-order valence-electron chi connectivity index (χ4n) is 2.29. The van der Waals surface area contributed by atoms with Gasteiger partial charge in [-0.15, -0.1) is 0 Å². The number of para-hydroxylation sites is 1. The number of fused-ring (bicyclic) bond motifs is 3. The summed E-state index contributed by atoms with van der Waals surface area (Å²) in [7, 11) is 0. The van der Waals surface area contributed by atoms with E-state index >= 15 is 0 Å². The minimum absolute atomic E-state index is 0.231. The molecule has 3 aromatic heterocycles. The van der Waals surface area contributed by atoms with Crippen molar-refractivity contribution in [2.45, 2.75) is 6.92 Å². The number of hydrogen-bond donors (Lipinski definition) is 1. The molecule has 22 heavy (non-hydrogen) atoms. The molecule has 1 amide bonds. The van der Waals surface area contributed by atoms with Crippen molar-refractivity contribution in [1.29, 1.82) is 0 Å². The van der Waals surface area contributed by atoms with Crippen LogP contribution in [0.15, 0.2) is 48.8 Å². The number of carbonyl (C=O) groups excluding carboxylic acids is 1. The third-order valence-corrected chi connectivity index (χ3v) is 4.44. The van der Waals surface area contributed by atoms with Crippen LogP contribution in [0.1, 0.15) is 16.2 Å². The van der Waals surface area contributed by atoms with Gasteiger partial charge in [-0.3, -0.25) is 14.2 Å². The van der Waals surface area contributed by atoms with Crippen molar-refractivity contribution >= 4 is 38.1 Å². The molecule has 0 fully saturated rings. The summed E-state index contributed by atoms with van der Waals surface area (Å²) in [6, 6.07) is 11.7. The summed E-state index contributed by atoms with van der Waals surface area (Å²) >= 11 is 1.57. The van der Waals surface area contributed by atoms with Gasteiger partial charge in [0.25, 0.3) is 5.91 Å². The van der Waals surface area contributed by atoms with E-state index in [1.807, 2.05) is 47.7 Å². The first-order valence-corrected chi connectivity index (χ1v) is 7.63. The van der Waals surface area contributed by atoms with E-state index in [1.165, 1.54) is 0 Å². The van der Waals surface area contributed by atoms with Crippen molar-refractivity contribution in [2.75, 3.05) is 5.32 Å². The summed E-state index contributed by atoms with van der Waals surface area (Å²) < 4.78 is 3.10. The summed E-state index contributed by atoms with van der Waals surface area (Å²) in [4.78, 5) is 21.7. The highest BCUT2D eigenvalue weighted by atomic mass is 32.1. The van der Waals surface area contributed by atoms with Crippen LogP contribution in [-0.2, 0) is 0 Å². The second-order valence-corrected chi connectivity index (χ2v) is 6.00. The number of nitrogens with one attached hydrogen (secondary N) is 1. The van der Waals surface area contributed by atoms with Crippen molar-refractivity contribution in [3.8, 4) is 0 Å². The molecule has 0 aliphatic carbocycles. The molecule has 3 heterocycles. The zero-order chi connectivity index (χ0) is 15.1. The largest absolute Gasteiger partial charge is 0.319 e. The highest BCUT2D eigenvalue weighted by molar-refractivity contribution is 7.23. The van der Waals surface area contributed by atoms with Gasteiger partial charge in [-0.25, -0.2) is 4.98 Å². The molecule has 0 unspecified atom stereocenters. The summed E-state index contributed by atoms with van der Waals surface area (Å²) in [6.45, 7) is 1.90. The maximum absolute atomic E-state index is 12.3. The highest BCUT2D eigenvalue weighted by Crippen LogP contribution is 2.26. The molecule has 0 saturated carbocycles. The van der Waals surface area contributed by atoms with Crippen LogP contribution in [0.4, 0.5) is 5.69 Å². The van der Waals surface area contributed by atoms with E-state index in [0.717, 1.165) is 20.9 Å². The van der Waals surface area contributed by atoms with E-state index in [1.54, 1.807) is 23.7 Å². The Kier molecular flexibility index (Phi) is 2.90. The zero-order valence-corrected chi connectivity index (χ0v) is 12.6. The molecule has 5 nitrogen and oxygen atoms in total. The molecule has 0 aliphatic rings. The summed E-state index contributed by atoms with van der Waals surface area (Å²) in [5.41, 5.74) is 3.03. The number of amides is 1. The monoisotopic (exact) mass is 308 g/mol. The predicted molar refractivity (Wildman–Crippen MR) is 87.5 cm³/mol. The Balaban J connectivity index is 1.68. The lowest BCUT2D eigenvalue weighted by atomic mass is 10.3. The molecule has 0 bridgehead atoms. The number of rotatable bonds is 2. The smallest absolute Gasteiger partial charge is 0.275 e. The Bertz CT molecular complexity index is 984. The van der Waals surface area contributed by atoms with Crippen LogP contribution >= 0.6 is 11.3 Å². The van der Waals surface area contributed by atoms with Crippen molar-refractivity contribution < 1.29 is 4.79 Å². The zero-order valence-electron chi connectivity index (χ0n) is 11.8. The number of imidazole rings is 1. The van der Waals surface area contributed by atoms with E-state index in [0.29, 0.717) is 11.4 Å². The number of hydrogen-bond acceptors (Lipinski definition) is 4. The van der Waals surface area contributed by atoms with Gasteiger partial charge in [0.2, 0.25) is 0 Å². The van der Waals surface area contributed by atoms with Crippen molar-refractivity contribution in [1.82, 2.24) is 14.4 Å².